The number of oxazole rings is 1. The van der Waals surface area contributed by atoms with E-state index in [0.717, 1.165) is 53.9 Å². The number of benzene rings is 7. The Balaban J connectivity index is 1.74. The fraction of sp³-hybridized carbons (Fsp3) is 0.179. The smallest absolute Gasteiger partial charge is 0.227 e. The van der Waals surface area contributed by atoms with Crippen molar-refractivity contribution in [1.82, 2.24) is 4.98 Å². The van der Waals surface area contributed by atoms with Crippen LogP contribution in [0.2, 0.25) is 0 Å². The average molecular weight is 655 g/mol. The van der Waals surface area contributed by atoms with Crippen molar-refractivity contribution >= 4 is 65.0 Å². The van der Waals surface area contributed by atoms with Crippen LogP contribution < -0.4 is 33.2 Å². The molecular formula is C39H30N2O8. The number of methoxy groups -OCH3 is 7. The number of fused-ring (bicyclic) bond motifs is 8. The van der Waals surface area contributed by atoms with Crippen LogP contribution >= 0.6 is 0 Å². The Morgan fingerprint density at radius 2 is 0.980 bits per heavy atom. The first-order chi connectivity index (χ1) is 23.9. The highest BCUT2D eigenvalue weighted by molar-refractivity contribution is 6.45. The summed E-state index contributed by atoms with van der Waals surface area (Å²) in [6.45, 7) is 0. The van der Waals surface area contributed by atoms with Gasteiger partial charge in [-0.1, -0.05) is 0 Å². The zero-order valence-electron chi connectivity index (χ0n) is 27.9. The highest BCUT2D eigenvalue weighted by Gasteiger charge is 2.30. The monoisotopic (exact) mass is 654 g/mol. The minimum Gasteiger partial charge on any atom is -0.493 e. The molecule has 244 valence electrons. The molecule has 0 aliphatic rings. The maximum absolute atomic E-state index is 9.39. The molecule has 10 heteroatoms. The fourth-order valence-electron chi connectivity index (χ4n) is 7.21. The zero-order chi connectivity index (χ0) is 34.1. The van der Waals surface area contributed by atoms with Crippen LogP contribution in [-0.2, 0) is 0 Å². The van der Waals surface area contributed by atoms with Gasteiger partial charge in [0.25, 0.3) is 0 Å². The number of hydrogen-bond acceptors (Lipinski definition) is 10. The lowest BCUT2D eigenvalue weighted by molar-refractivity contribution is 0.355. The Labute approximate surface area is 280 Å². The summed E-state index contributed by atoms with van der Waals surface area (Å²) >= 11 is 0. The molecule has 10 nitrogen and oxygen atoms in total. The van der Waals surface area contributed by atoms with Crippen LogP contribution in [0.1, 0.15) is 5.56 Å². The molecule has 0 fully saturated rings. The molecule has 49 heavy (non-hydrogen) atoms. The lowest BCUT2D eigenvalue weighted by Crippen LogP contribution is -1.99. The fourth-order valence-corrected chi connectivity index (χ4v) is 7.21. The van der Waals surface area contributed by atoms with Crippen molar-refractivity contribution in [2.45, 2.75) is 0 Å². The predicted molar refractivity (Wildman–Crippen MR) is 189 cm³/mol. The van der Waals surface area contributed by atoms with E-state index in [1.165, 1.54) is 0 Å². The third-order valence-electron chi connectivity index (χ3n) is 9.33. The standard InChI is InChI=1S/C39H30N2O8/c1-42-25-12-20-21-16-29(46-5)36(47-6)32-23-14-27(44-3)28(45-4)15-24(23)33-34(30(21)32)31(22(20)13-26(25)43-2)35-38(37(33)48-7)49-39(41-35)19-10-8-18(17-40)9-11-19/h8-16H,1-7H3. The summed E-state index contributed by atoms with van der Waals surface area (Å²) in [4.78, 5) is 5.12. The molecule has 0 aliphatic heterocycles. The van der Waals surface area contributed by atoms with Gasteiger partial charge in [0.15, 0.2) is 45.8 Å². The Bertz CT molecular complexity index is 2670. The van der Waals surface area contributed by atoms with Gasteiger partial charge in [-0.3, -0.25) is 0 Å². The van der Waals surface area contributed by atoms with Crippen LogP contribution in [0.3, 0.4) is 0 Å². The van der Waals surface area contributed by atoms with Crippen molar-refractivity contribution in [3.63, 3.8) is 0 Å². The van der Waals surface area contributed by atoms with E-state index in [1.54, 1.807) is 61.9 Å². The number of hydrogen-bond donors (Lipinski definition) is 0. The van der Waals surface area contributed by atoms with Crippen LogP contribution in [-0.4, -0.2) is 54.8 Å². The summed E-state index contributed by atoms with van der Waals surface area (Å²) < 4.78 is 48.2. The second-order valence-electron chi connectivity index (χ2n) is 11.5. The van der Waals surface area contributed by atoms with Crippen LogP contribution in [0, 0.1) is 11.3 Å². The maximum atomic E-state index is 9.39. The van der Waals surface area contributed by atoms with Crippen molar-refractivity contribution in [2.75, 3.05) is 49.8 Å². The minimum absolute atomic E-state index is 0.379. The van der Waals surface area contributed by atoms with E-state index >= 15 is 0 Å². The maximum Gasteiger partial charge on any atom is 0.227 e. The highest BCUT2D eigenvalue weighted by Crippen LogP contribution is 2.57. The second-order valence-corrected chi connectivity index (χ2v) is 11.5. The predicted octanol–water partition coefficient (Wildman–Crippen LogP) is 8.63. The highest BCUT2D eigenvalue weighted by atomic mass is 16.5. The van der Waals surface area contributed by atoms with Crippen LogP contribution in [0.15, 0.2) is 59.0 Å². The molecule has 0 aliphatic carbocycles. The molecule has 0 amide bonds. The average Bonchev–Trinajstić information content (AvgIpc) is 3.60. The van der Waals surface area contributed by atoms with Crippen LogP contribution in [0.25, 0.3) is 76.4 Å². The van der Waals surface area contributed by atoms with Crippen molar-refractivity contribution in [1.29, 1.82) is 5.26 Å². The van der Waals surface area contributed by atoms with Crippen LogP contribution in [0.5, 0.6) is 40.2 Å². The molecule has 0 N–H and O–H groups in total. The SMILES string of the molecule is COc1cc2c(cc1OC)c1c3nc(-c4ccc(C#N)cc4)oc3c(OC)c3c4cc(OC)c(OC)cc4c4c(OC)c(OC)cc2c4c31. The molecule has 0 radical (unpaired) electrons. The van der Waals surface area contributed by atoms with Gasteiger partial charge in [0, 0.05) is 32.5 Å². The van der Waals surface area contributed by atoms with Gasteiger partial charge in [0.1, 0.15) is 5.52 Å². The first kappa shape index (κ1) is 30.0. The Hall–Kier alpha value is -6.34. The van der Waals surface area contributed by atoms with Gasteiger partial charge >= 0.3 is 0 Å². The van der Waals surface area contributed by atoms with Gasteiger partial charge in [0.2, 0.25) is 5.89 Å². The molecule has 1 aromatic heterocycles. The van der Waals surface area contributed by atoms with Crippen molar-refractivity contribution in [3.8, 4) is 57.8 Å². The summed E-state index contributed by atoms with van der Waals surface area (Å²) in [5.74, 6) is 4.22. The molecule has 1 heterocycles. The normalized spacial score (nSPS) is 11.6. The van der Waals surface area contributed by atoms with E-state index < -0.39 is 0 Å². The lowest BCUT2D eigenvalue weighted by Gasteiger charge is -2.23. The number of nitriles is 1. The van der Waals surface area contributed by atoms with Crippen molar-refractivity contribution in [2.24, 2.45) is 0 Å². The topological polar surface area (TPSA) is 114 Å². The van der Waals surface area contributed by atoms with Gasteiger partial charge in [-0.05, 0) is 81.5 Å². The van der Waals surface area contributed by atoms with Crippen LogP contribution in [0.4, 0.5) is 0 Å². The summed E-state index contributed by atoms with van der Waals surface area (Å²) in [6.07, 6.45) is 0. The van der Waals surface area contributed by atoms with E-state index in [4.69, 9.17) is 42.6 Å². The molecule has 7 aromatic carbocycles. The minimum atomic E-state index is 0.379. The molecular weight excluding hydrogens is 624 g/mol. The molecule has 0 spiro atoms. The van der Waals surface area contributed by atoms with Gasteiger partial charge in [-0.15, -0.1) is 0 Å². The van der Waals surface area contributed by atoms with E-state index in [0.29, 0.717) is 68.4 Å². The number of ether oxygens (including phenoxy) is 7. The molecule has 0 bridgehead atoms. The number of aromatic nitrogens is 1. The third-order valence-corrected chi connectivity index (χ3v) is 9.33. The first-order valence-corrected chi connectivity index (χ1v) is 15.3. The first-order valence-electron chi connectivity index (χ1n) is 15.3. The summed E-state index contributed by atoms with van der Waals surface area (Å²) in [5.41, 5.74) is 2.31. The summed E-state index contributed by atoms with van der Waals surface area (Å²) in [5, 5.41) is 17.9. The largest absolute Gasteiger partial charge is 0.493 e. The number of nitrogens with zero attached hydrogens (tertiary/aromatic N) is 2. The van der Waals surface area contributed by atoms with E-state index in [-0.39, 0.29) is 0 Å². The molecule has 0 saturated carbocycles. The Morgan fingerprint density at radius 1 is 0.510 bits per heavy atom. The van der Waals surface area contributed by atoms with Crippen molar-refractivity contribution in [3.05, 3.63) is 60.2 Å². The van der Waals surface area contributed by atoms with Gasteiger partial charge in [0.05, 0.1) is 61.4 Å². The molecule has 0 atom stereocenters. The van der Waals surface area contributed by atoms with E-state index in [2.05, 4.69) is 6.07 Å². The van der Waals surface area contributed by atoms with Gasteiger partial charge < -0.3 is 37.6 Å². The Kier molecular flexibility index (Phi) is 6.82. The van der Waals surface area contributed by atoms with E-state index in [1.807, 2.05) is 42.5 Å². The quantitative estimate of drug-likeness (QED) is 0.116. The molecule has 0 saturated heterocycles. The number of rotatable bonds is 8. The second kappa shape index (κ2) is 11.1. The van der Waals surface area contributed by atoms with Gasteiger partial charge in [-0.2, -0.15) is 5.26 Å². The summed E-state index contributed by atoms with van der Waals surface area (Å²) in [6, 6.07) is 19.1. The molecule has 8 rings (SSSR count). The third kappa shape index (κ3) is 4.02. The zero-order valence-corrected chi connectivity index (χ0v) is 27.9. The Morgan fingerprint density at radius 3 is 1.49 bits per heavy atom. The van der Waals surface area contributed by atoms with E-state index in [9.17, 15) is 5.26 Å². The van der Waals surface area contributed by atoms with Crippen molar-refractivity contribution < 1.29 is 37.6 Å². The lowest BCUT2D eigenvalue weighted by atomic mass is 9.84. The summed E-state index contributed by atoms with van der Waals surface area (Å²) in [7, 11) is 11.3. The molecule has 0 unspecified atom stereocenters. The molecule has 8 aromatic rings. The van der Waals surface area contributed by atoms with Gasteiger partial charge in [-0.25, -0.2) is 4.98 Å².